The van der Waals surface area contributed by atoms with E-state index in [0.717, 1.165) is 12.1 Å². The number of amides is 1. The highest BCUT2D eigenvalue weighted by Crippen LogP contribution is 2.36. The third kappa shape index (κ3) is 4.22. The zero-order valence-electron chi connectivity index (χ0n) is 10.7. The van der Waals surface area contributed by atoms with Crippen LogP contribution in [0.25, 0.3) is 0 Å². The summed E-state index contributed by atoms with van der Waals surface area (Å²) in [7, 11) is 0. The number of halogens is 4. The van der Waals surface area contributed by atoms with Gasteiger partial charge in [-0.25, -0.2) is 0 Å². The van der Waals surface area contributed by atoms with Gasteiger partial charge in [-0.05, 0) is 24.3 Å². The average molecular weight is 318 g/mol. The van der Waals surface area contributed by atoms with Gasteiger partial charge in [0, 0.05) is 31.0 Å². The Labute approximate surface area is 123 Å². The Hall–Kier alpha value is -2.02. The minimum atomic E-state index is -4.56. The molecule has 2 aromatic rings. The predicted molar refractivity (Wildman–Crippen MR) is 71.9 cm³/mol. The lowest BCUT2D eigenvalue weighted by Crippen LogP contribution is -2.15. The summed E-state index contributed by atoms with van der Waals surface area (Å²) in [6.07, 6.45) is -1.19. The Bertz CT molecular complexity index is 626. The number of carbonyl (C=O) groups is 1. The molecule has 0 aliphatic heterocycles. The van der Waals surface area contributed by atoms with Gasteiger partial charge in [0.25, 0.3) is 0 Å². The van der Waals surface area contributed by atoms with E-state index in [1.165, 1.54) is 6.07 Å². The van der Waals surface area contributed by atoms with Gasteiger partial charge < -0.3 is 5.32 Å². The number of anilines is 1. The van der Waals surface area contributed by atoms with Crippen LogP contribution in [0.2, 0.25) is 5.02 Å². The Balaban J connectivity index is 2.01. The second-order valence-corrected chi connectivity index (χ2v) is 4.67. The number of alkyl halides is 3. The summed E-state index contributed by atoms with van der Waals surface area (Å²) in [5, 5.41) is 5.92. The first-order valence-corrected chi connectivity index (χ1v) is 6.38. The number of benzene rings is 1. The molecular formula is C13H11ClF3N3O. The van der Waals surface area contributed by atoms with Gasteiger partial charge in [0.05, 0.1) is 10.6 Å². The van der Waals surface area contributed by atoms with E-state index in [9.17, 15) is 18.0 Å². The first-order chi connectivity index (χ1) is 9.86. The summed E-state index contributed by atoms with van der Waals surface area (Å²) in [6.45, 7) is 0.346. The maximum absolute atomic E-state index is 12.7. The van der Waals surface area contributed by atoms with Crippen molar-refractivity contribution in [2.24, 2.45) is 0 Å². The van der Waals surface area contributed by atoms with Crippen molar-refractivity contribution in [2.45, 2.75) is 19.1 Å². The Morgan fingerprint density at radius 2 is 2.14 bits per heavy atom. The summed E-state index contributed by atoms with van der Waals surface area (Å²) in [5.41, 5.74) is -0.925. The van der Waals surface area contributed by atoms with Crippen LogP contribution in [-0.4, -0.2) is 15.7 Å². The topological polar surface area (TPSA) is 46.9 Å². The van der Waals surface area contributed by atoms with Gasteiger partial charge in [-0.2, -0.15) is 18.3 Å². The second kappa shape index (κ2) is 6.17. The molecule has 112 valence electrons. The monoisotopic (exact) mass is 317 g/mol. The zero-order valence-corrected chi connectivity index (χ0v) is 11.4. The molecule has 1 aromatic carbocycles. The van der Waals surface area contributed by atoms with Crippen LogP contribution in [0.4, 0.5) is 18.9 Å². The van der Waals surface area contributed by atoms with E-state index >= 15 is 0 Å². The third-order valence-electron chi connectivity index (χ3n) is 2.68. The fourth-order valence-electron chi connectivity index (χ4n) is 1.69. The lowest BCUT2D eigenvalue weighted by Gasteiger charge is -2.11. The number of aryl methyl sites for hydroxylation is 1. The van der Waals surface area contributed by atoms with Crippen molar-refractivity contribution >= 4 is 23.2 Å². The highest BCUT2D eigenvalue weighted by Gasteiger charge is 2.33. The minimum Gasteiger partial charge on any atom is -0.326 e. The molecule has 21 heavy (non-hydrogen) atoms. The van der Waals surface area contributed by atoms with E-state index in [1.807, 2.05) is 0 Å². The van der Waals surface area contributed by atoms with E-state index in [4.69, 9.17) is 11.6 Å². The molecule has 0 fully saturated rings. The van der Waals surface area contributed by atoms with E-state index in [0.29, 0.717) is 6.54 Å². The largest absolute Gasteiger partial charge is 0.417 e. The number of hydrogen-bond donors (Lipinski definition) is 1. The number of rotatable bonds is 4. The van der Waals surface area contributed by atoms with Crippen molar-refractivity contribution in [3.05, 3.63) is 47.2 Å². The van der Waals surface area contributed by atoms with E-state index in [2.05, 4.69) is 10.4 Å². The number of carbonyl (C=O) groups excluding carboxylic acids is 1. The molecule has 1 aromatic heterocycles. The maximum atomic E-state index is 12.7. The van der Waals surface area contributed by atoms with Gasteiger partial charge in [0.1, 0.15) is 0 Å². The molecule has 4 nitrogen and oxygen atoms in total. The maximum Gasteiger partial charge on any atom is 0.417 e. The first kappa shape index (κ1) is 15.4. The number of nitrogens with zero attached hydrogens (tertiary/aromatic N) is 2. The standard InChI is InChI=1S/C13H11ClF3N3O/c14-11-3-2-9(8-10(11)13(15,16)17)19-12(21)4-7-20-6-1-5-18-20/h1-3,5-6,8H,4,7H2,(H,19,21). The number of aromatic nitrogens is 2. The van der Waals surface area contributed by atoms with Crippen LogP contribution in [0.15, 0.2) is 36.7 Å². The van der Waals surface area contributed by atoms with Crippen molar-refractivity contribution in [2.75, 3.05) is 5.32 Å². The summed E-state index contributed by atoms with van der Waals surface area (Å²) >= 11 is 5.50. The molecule has 0 aliphatic carbocycles. The third-order valence-corrected chi connectivity index (χ3v) is 3.01. The van der Waals surface area contributed by atoms with Crippen LogP contribution in [0.1, 0.15) is 12.0 Å². The van der Waals surface area contributed by atoms with Crippen molar-refractivity contribution in [1.82, 2.24) is 9.78 Å². The molecule has 2 rings (SSSR count). The van der Waals surface area contributed by atoms with Crippen LogP contribution in [0, 0.1) is 0 Å². The van der Waals surface area contributed by atoms with Crippen LogP contribution < -0.4 is 5.32 Å². The fourth-order valence-corrected chi connectivity index (χ4v) is 1.92. The summed E-state index contributed by atoms with van der Waals surface area (Å²) in [5.74, 6) is -0.402. The van der Waals surface area contributed by atoms with Crippen LogP contribution in [0.5, 0.6) is 0 Å². The van der Waals surface area contributed by atoms with Gasteiger partial charge in [0.2, 0.25) is 5.91 Å². The average Bonchev–Trinajstić information content (AvgIpc) is 2.90. The molecule has 0 unspecified atom stereocenters. The molecule has 0 aliphatic rings. The van der Waals surface area contributed by atoms with E-state index < -0.39 is 22.7 Å². The molecule has 0 spiro atoms. The van der Waals surface area contributed by atoms with Gasteiger partial charge in [-0.1, -0.05) is 11.6 Å². The normalized spacial score (nSPS) is 11.4. The lowest BCUT2D eigenvalue weighted by molar-refractivity contribution is -0.137. The molecule has 1 amide bonds. The molecular weight excluding hydrogens is 307 g/mol. The Kier molecular flexibility index (Phi) is 4.52. The molecule has 0 saturated heterocycles. The minimum absolute atomic E-state index is 0.0530. The Morgan fingerprint density at radius 1 is 1.38 bits per heavy atom. The molecule has 0 bridgehead atoms. The second-order valence-electron chi connectivity index (χ2n) is 4.26. The van der Waals surface area contributed by atoms with Gasteiger partial charge in [-0.15, -0.1) is 0 Å². The van der Waals surface area contributed by atoms with E-state index in [-0.39, 0.29) is 12.1 Å². The number of nitrogens with one attached hydrogen (secondary N) is 1. The first-order valence-electron chi connectivity index (χ1n) is 6.00. The fraction of sp³-hybridized carbons (Fsp3) is 0.231. The lowest BCUT2D eigenvalue weighted by atomic mass is 10.2. The highest BCUT2D eigenvalue weighted by atomic mass is 35.5. The summed E-state index contributed by atoms with van der Waals surface area (Å²) in [6, 6.07) is 4.96. The van der Waals surface area contributed by atoms with Crippen molar-refractivity contribution in [1.29, 1.82) is 0 Å². The molecule has 1 heterocycles. The van der Waals surface area contributed by atoms with Gasteiger partial charge in [0.15, 0.2) is 0 Å². The smallest absolute Gasteiger partial charge is 0.326 e. The summed E-state index contributed by atoms with van der Waals surface area (Å²) in [4.78, 5) is 11.7. The molecule has 0 atom stereocenters. The van der Waals surface area contributed by atoms with Crippen LogP contribution >= 0.6 is 11.6 Å². The van der Waals surface area contributed by atoms with Crippen LogP contribution in [0.3, 0.4) is 0 Å². The van der Waals surface area contributed by atoms with Gasteiger partial charge >= 0.3 is 6.18 Å². The number of hydrogen-bond acceptors (Lipinski definition) is 2. The zero-order chi connectivity index (χ0) is 15.5. The van der Waals surface area contributed by atoms with Crippen LogP contribution in [-0.2, 0) is 17.5 Å². The molecule has 1 N–H and O–H groups in total. The van der Waals surface area contributed by atoms with E-state index in [1.54, 1.807) is 23.1 Å². The predicted octanol–water partition coefficient (Wildman–Crippen LogP) is 3.58. The molecule has 0 radical (unpaired) electrons. The molecule has 0 saturated carbocycles. The van der Waals surface area contributed by atoms with Gasteiger partial charge in [-0.3, -0.25) is 9.48 Å². The quantitative estimate of drug-likeness (QED) is 0.937. The van der Waals surface area contributed by atoms with Crippen molar-refractivity contribution in [3.8, 4) is 0 Å². The van der Waals surface area contributed by atoms with Crippen molar-refractivity contribution in [3.63, 3.8) is 0 Å². The highest BCUT2D eigenvalue weighted by molar-refractivity contribution is 6.31. The Morgan fingerprint density at radius 3 is 2.76 bits per heavy atom. The van der Waals surface area contributed by atoms with Crippen molar-refractivity contribution < 1.29 is 18.0 Å². The summed E-state index contributed by atoms with van der Waals surface area (Å²) < 4.78 is 39.6. The molecule has 8 heteroatoms. The SMILES string of the molecule is O=C(CCn1cccn1)Nc1ccc(Cl)c(C(F)(F)F)c1.